The van der Waals surface area contributed by atoms with E-state index >= 15 is 0 Å². The van der Waals surface area contributed by atoms with E-state index in [9.17, 15) is 4.79 Å². The normalized spacial score (nSPS) is 12.7. The van der Waals surface area contributed by atoms with Crippen LogP contribution in [0, 0.1) is 0 Å². The molecule has 2 nitrogen and oxygen atoms in total. The van der Waals surface area contributed by atoms with Gasteiger partial charge in [0.15, 0.2) is 5.78 Å². The molecule has 0 amide bonds. The molecule has 114 valence electrons. The fraction of sp³-hybridized carbons (Fsp3) is 0.250. The van der Waals surface area contributed by atoms with E-state index in [2.05, 4.69) is 32.7 Å². The van der Waals surface area contributed by atoms with Gasteiger partial charge in [0.25, 0.3) is 0 Å². The number of hydrogen-bond donors (Lipinski definition) is 1. The van der Waals surface area contributed by atoms with Crippen molar-refractivity contribution in [3.05, 3.63) is 83.9 Å². The van der Waals surface area contributed by atoms with Gasteiger partial charge in [0.2, 0.25) is 0 Å². The van der Waals surface area contributed by atoms with Crippen molar-refractivity contribution in [2.45, 2.75) is 32.4 Å². The van der Waals surface area contributed by atoms with Crippen molar-refractivity contribution in [1.29, 1.82) is 0 Å². The second-order valence-electron chi connectivity index (χ2n) is 6.46. The van der Waals surface area contributed by atoms with Crippen molar-refractivity contribution in [3.63, 3.8) is 0 Å². The summed E-state index contributed by atoms with van der Waals surface area (Å²) in [4.78, 5) is 12.7. The van der Waals surface area contributed by atoms with Gasteiger partial charge in [-0.25, -0.2) is 0 Å². The molecule has 1 atom stereocenters. The summed E-state index contributed by atoms with van der Waals surface area (Å²) >= 11 is 0. The fourth-order valence-corrected chi connectivity index (χ4v) is 2.36. The first-order chi connectivity index (χ1) is 10.4. The summed E-state index contributed by atoms with van der Waals surface area (Å²) in [6.45, 7) is 10.3. The van der Waals surface area contributed by atoms with Crippen molar-refractivity contribution in [2.75, 3.05) is 0 Å². The van der Waals surface area contributed by atoms with Gasteiger partial charge in [0, 0.05) is 16.7 Å². The Balaban J connectivity index is 2.33. The zero-order valence-electron chi connectivity index (χ0n) is 13.5. The third-order valence-electron chi connectivity index (χ3n) is 3.39. The Bertz CT molecular complexity index is 638. The molecule has 0 saturated carbocycles. The Morgan fingerprint density at radius 2 is 1.45 bits per heavy atom. The average molecular weight is 293 g/mol. The quantitative estimate of drug-likeness (QED) is 0.647. The monoisotopic (exact) mass is 293 g/mol. The highest BCUT2D eigenvalue weighted by atomic mass is 16.1. The lowest BCUT2D eigenvalue weighted by atomic mass is 9.91. The number of Topliss-reactive ketones (excluding diaryl/α,β-unsaturated/α-hetero) is 1. The standard InChI is InChI=1S/C20H23NO/c1-15(19(22)17-13-9-6-10-14-17)18(21-20(2,3)4)16-11-7-5-8-12-16/h5-14,18,21H,1H2,2-4H3/t18-/m1/s1. The van der Waals surface area contributed by atoms with Crippen LogP contribution in [0.1, 0.15) is 42.7 Å². The van der Waals surface area contributed by atoms with E-state index in [0.717, 1.165) is 5.56 Å². The van der Waals surface area contributed by atoms with Crippen LogP contribution in [0.4, 0.5) is 0 Å². The van der Waals surface area contributed by atoms with Gasteiger partial charge in [0.05, 0.1) is 6.04 Å². The first kappa shape index (κ1) is 16.2. The maximum atomic E-state index is 12.7. The zero-order chi connectivity index (χ0) is 16.2. The molecule has 0 heterocycles. The highest BCUT2D eigenvalue weighted by Gasteiger charge is 2.25. The third kappa shape index (κ3) is 4.15. The Hall–Kier alpha value is -2.19. The van der Waals surface area contributed by atoms with E-state index in [-0.39, 0.29) is 17.4 Å². The number of nitrogens with one attached hydrogen (secondary N) is 1. The van der Waals surface area contributed by atoms with Gasteiger partial charge in [0.1, 0.15) is 0 Å². The molecule has 0 unspecified atom stereocenters. The molecule has 0 saturated heterocycles. The maximum Gasteiger partial charge on any atom is 0.190 e. The van der Waals surface area contributed by atoms with Crippen LogP contribution < -0.4 is 5.32 Å². The van der Waals surface area contributed by atoms with Crippen molar-refractivity contribution < 1.29 is 4.79 Å². The van der Waals surface area contributed by atoms with Crippen LogP contribution in [0.15, 0.2) is 72.8 Å². The van der Waals surface area contributed by atoms with Crippen LogP contribution in [0.25, 0.3) is 0 Å². The highest BCUT2D eigenvalue weighted by Crippen LogP contribution is 2.26. The van der Waals surface area contributed by atoms with Crippen LogP contribution in [-0.4, -0.2) is 11.3 Å². The smallest absolute Gasteiger partial charge is 0.190 e. The molecule has 1 N–H and O–H groups in total. The van der Waals surface area contributed by atoms with Crippen molar-refractivity contribution in [3.8, 4) is 0 Å². The number of benzene rings is 2. The molecule has 0 radical (unpaired) electrons. The molecule has 2 rings (SSSR count). The SMILES string of the molecule is C=C(C(=O)c1ccccc1)[C@@H](NC(C)(C)C)c1ccccc1. The van der Waals surface area contributed by atoms with E-state index in [1.54, 1.807) is 0 Å². The van der Waals surface area contributed by atoms with E-state index in [0.29, 0.717) is 11.1 Å². The Morgan fingerprint density at radius 1 is 0.955 bits per heavy atom. The maximum absolute atomic E-state index is 12.7. The minimum absolute atomic E-state index is 0.0220. The third-order valence-corrected chi connectivity index (χ3v) is 3.39. The Kier molecular flexibility index (Phi) is 4.94. The summed E-state index contributed by atoms with van der Waals surface area (Å²) in [5.74, 6) is -0.0220. The molecule has 0 spiro atoms. The largest absolute Gasteiger partial charge is 0.301 e. The summed E-state index contributed by atoms with van der Waals surface area (Å²) in [5, 5.41) is 3.50. The van der Waals surface area contributed by atoms with Gasteiger partial charge in [-0.2, -0.15) is 0 Å². The molecule has 0 aliphatic rings. The number of carbonyl (C=O) groups is 1. The Morgan fingerprint density at radius 3 is 1.95 bits per heavy atom. The molecular weight excluding hydrogens is 270 g/mol. The van der Waals surface area contributed by atoms with Gasteiger partial charge in [-0.15, -0.1) is 0 Å². The predicted molar refractivity (Wildman–Crippen MR) is 92.0 cm³/mol. The first-order valence-corrected chi connectivity index (χ1v) is 7.50. The van der Waals surface area contributed by atoms with Crippen LogP contribution in [0.3, 0.4) is 0 Å². The second kappa shape index (κ2) is 6.71. The minimum atomic E-state index is -0.200. The summed E-state index contributed by atoms with van der Waals surface area (Å²) in [5.41, 5.74) is 2.16. The van der Waals surface area contributed by atoms with Crippen molar-refractivity contribution in [2.24, 2.45) is 0 Å². The fourth-order valence-electron chi connectivity index (χ4n) is 2.36. The van der Waals surface area contributed by atoms with Crippen molar-refractivity contribution >= 4 is 5.78 Å². The lowest BCUT2D eigenvalue weighted by Crippen LogP contribution is -2.40. The van der Waals surface area contributed by atoms with Crippen LogP contribution in [0.2, 0.25) is 0 Å². The summed E-state index contributed by atoms with van der Waals surface area (Å²) in [6, 6.07) is 19.1. The lowest BCUT2D eigenvalue weighted by molar-refractivity contribution is 0.102. The van der Waals surface area contributed by atoms with E-state index in [1.807, 2.05) is 60.7 Å². The molecule has 2 aromatic carbocycles. The molecule has 0 aliphatic carbocycles. The highest BCUT2D eigenvalue weighted by molar-refractivity contribution is 6.09. The van der Waals surface area contributed by atoms with E-state index in [4.69, 9.17) is 0 Å². The molecule has 2 aromatic rings. The molecule has 22 heavy (non-hydrogen) atoms. The predicted octanol–water partition coefficient (Wildman–Crippen LogP) is 4.55. The first-order valence-electron chi connectivity index (χ1n) is 7.50. The minimum Gasteiger partial charge on any atom is -0.301 e. The summed E-state index contributed by atoms with van der Waals surface area (Å²) in [6.07, 6.45) is 0. The van der Waals surface area contributed by atoms with E-state index in [1.165, 1.54) is 0 Å². The number of rotatable bonds is 5. The number of carbonyl (C=O) groups excluding carboxylic acids is 1. The summed E-state index contributed by atoms with van der Waals surface area (Å²) < 4.78 is 0. The molecule has 2 heteroatoms. The Labute approximate surface area is 132 Å². The molecule has 0 aliphatic heterocycles. The lowest BCUT2D eigenvalue weighted by Gasteiger charge is -2.30. The molecule has 0 fully saturated rings. The van der Waals surface area contributed by atoms with Gasteiger partial charge in [-0.05, 0) is 26.3 Å². The molecule has 0 aromatic heterocycles. The van der Waals surface area contributed by atoms with Gasteiger partial charge in [-0.3, -0.25) is 4.79 Å². The zero-order valence-corrected chi connectivity index (χ0v) is 13.5. The topological polar surface area (TPSA) is 29.1 Å². The summed E-state index contributed by atoms with van der Waals surface area (Å²) in [7, 11) is 0. The number of hydrogen-bond acceptors (Lipinski definition) is 2. The second-order valence-corrected chi connectivity index (χ2v) is 6.46. The van der Waals surface area contributed by atoms with Crippen LogP contribution in [-0.2, 0) is 0 Å². The van der Waals surface area contributed by atoms with Crippen LogP contribution >= 0.6 is 0 Å². The van der Waals surface area contributed by atoms with Gasteiger partial charge < -0.3 is 5.32 Å². The van der Waals surface area contributed by atoms with Crippen LogP contribution in [0.5, 0.6) is 0 Å². The molecular formula is C20H23NO. The number of ketones is 1. The van der Waals surface area contributed by atoms with Crippen molar-refractivity contribution in [1.82, 2.24) is 5.32 Å². The van der Waals surface area contributed by atoms with E-state index < -0.39 is 0 Å². The average Bonchev–Trinajstić information content (AvgIpc) is 2.52. The van der Waals surface area contributed by atoms with Gasteiger partial charge in [-0.1, -0.05) is 67.2 Å². The van der Waals surface area contributed by atoms with Gasteiger partial charge >= 0.3 is 0 Å². The molecule has 0 bridgehead atoms.